The normalized spacial score (nSPS) is 10.6. The third kappa shape index (κ3) is 5.52. The quantitative estimate of drug-likeness (QED) is 0.486. The summed E-state index contributed by atoms with van der Waals surface area (Å²) < 4.78 is 0. The molecule has 0 aliphatic carbocycles. The minimum Gasteiger partial charge on any atom is -0.352 e. The number of carbonyl (C=O) groups excluding carboxylic acids is 1. The van der Waals surface area contributed by atoms with Crippen LogP contribution in [0.3, 0.4) is 0 Å². The Balaban J connectivity index is 1.60. The van der Waals surface area contributed by atoms with Crippen LogP contribution in [0.2, 0.25) is 0 Å². The number of carbonyl (C=O) groups is 1. The smallest absolute Gasteiger partial charge is 0.255 e. The van der Waals surface area contributed by atoms with Gasteiger partial charge < -0.3 is 10.3 Å². The highest BCUT2D eigenvalue weighted by Crippen LogP contribution is 2.18. The maximum absolute atomic E-state index is 12.4. The minimum atomic E-state index is -0.267. The first-order valence-electron chi connectivity index (χ1n) is 8.54. The second-order valence-electron chi connectivity index (χ2n) is 6.02. The molecule has 0 unspecified atom stereocenters. The lowest BCUT2D eigenvalue weighted by Gasteiger charge is -2.08. The van der Waals surface area contributed by atoms with E-state index in [1.54, 1.807) is 19.3 Å². The summed E-state index contributed by atoms with van der Waals surface area (Å²) >= 11 is 1.46. The van der Waals surface area contributed by atoms with Crippen LogP contribution in [0.15, 0.2) is 64.8 Å². The van der Waals surface area contributed by atoms with Crippen molar-refractivity contribution in [2.45, 2.75) is 30.8 Å². The summed E-state index contributed by atoms with van der Waals surface area (Å²) in [4.78, 5) is 35.7. The Morgan fingerprint density at radius 1 is 1.11 bits per heavy atom. The summed E-state index contributed by atoms with van der Waals surface area (Å²) in [6, 6.07) is 13.6. The zero-order valence-electron chi connectivity index (χ0n) is 14.9. The Morgan fingerprint density at radius 2 is 1.85 bits per heavy atom. The highest BCUT2D eigenvalue weighted by Gasteiger charge is 2.13. The van der Waals surface area contributed by atoms with Crippen molar-refractivity contribution in [1.29, 1.82) is 0 Å². The molecule has 0 spiro atoms. The Kier molecular flexibility index (Phi) is 6.38. The second-order valence-corrected chi connectivity index (χ2v) is 6.98. The average Bonchev–Trinajstić information content (AvgIpc) is 2.69. The van der Waals surface area contributed by atoms with Crippen LogP contribution >= 0.6 is 11.8 Å². The Hall–Kier alpha value is -2.93. The van der Waals surface area contributed by atoms with Gasteiger partial charge in [-0.25, -0.2) is 4.98 Å². The number of rotatable bonds is 7. The lowest BCUT2D eigenvalue weighted by Crippen LogP contribution is -2.28. The molecule has 0 fully saturated rings. The molecular weight excluding hydrogens is 360 g/mol. The lowest BCUT2D eigenvalue weighted by molar-refractivity contribution is -0.120. The summed E-state index contributed by atoms with van der Waals surface area (Å²) in [6.07, 6.45) is 3.35. The summed E-state index contributed by atoms with van der Waals surface area (Å²) in [5, 5.41) is 3.37. The molecule has 3 aromatic rings. The van der Waals surface area contributed by atoms with Gasteiger partial charge in [0, 0.05) is 35.9 Å². The number of hydrogen-bond acceptors (Lipinski definition) is 5. The number of pyridine rings is 1. The first-order valence-corrected chi connectivity index (χ1v) is 9.52. The van der Waals surface area contributed by atoms with E-state index in [9.17, 15) is 9.59 Å². The van der Waals surface area contributed by atoms with Crippen molar-refractivity contribution in [1.82, 2.24) is 20.3 Å². The monoisotopic (exact) mass is 380 g/mol. The Bertz CT molecular complexity index is 959. The fourth-order valence-corrected chi connectivity index (χ4v) is 3.37. The maximum atomic E-state index is 12.4. The molecule has 138 valence electrons. The predicted molar refractivity (Wildman–Crippen MR) is 105 cm³/mol. The van der Waals surface area contributed by atoms with Gasteiger partial charge >= 0.3 is 0 Å². The number of hydrogen-bond donors (Lipinski definition) is 2. The standard InChI is InChI=1S/C20H20N4O2S/c1-14-17(11-18(25)22-12-15-7-9-21-10-8-15)19(26)24-20(23-14)27-13-16-5-3-2-4-6-16/h2-10H,11-13H2,1H3,(H,22,25)(H,23,24,26). The van der Waals surface area contributed by atoms with Gasteiger partial charge in [0.25, 0.3) is 5.56 Å². The molecule has 6 nitrogen and oxygen atoms in total. The zero-order chi connectivity index (χ0) is 19.1. The Morgan fingerprint density at radius 3 is 2.56 bits per heavy atom. The van der Waals surface area contributed by atoms with Crippen molar-refractivity contribution in [3.8, 4) is 0 Å². The van der Waals surface area contributed by atoms with Crippen molar-refractivity contribution in [2.24, 2.45) is 0 Å². The molecule has 0 aliphatic heterocycles. The fraction of sp³-hybridized carbons (Fsp3) is 0.200. The van der Waals surface area contributed by atoms with Gasteiger partial charge in [0.05, 0.1) is 6.42 Å². The summed E-state index contributed by atoms with van der Waals surface area (Å²) in [5.41, 5.74) is 2.81. The minimum absolute atomic E-state index is 0.00286. The molecule has 1 aromatic carbocycles. The van der Waals surface area contributed by atoms with E-state index in [1.165, 1.54) is 11.8 Å². The van der Waals surface area contributed by atoms with E-state index >= 15 is 0 Å². The molecule has 0 aliphatic rings. The fourth-order valence-electron chi connectivity index (χ4n) is 2.51. The number of aryl methyl sites for hydroxylation is 1. The van der Waals surface area contributed by atoms with Crippen LogP contribution < -0.4 is 10.9 Å². The van der Waals surface area contributed by atoms with Crippen LogP contribution in [-0.4, -0.2) is 20.9 Å². The third-order valence-corrected chi connectivity index (χ3v) is 4.94. The number of thioether (sulfide) groups is 1. The molecule has 1 amide bonds. The maximum Gasteiger partial charge on any atom is 0.255 e. The molecule has 0 bridgehead atoms. The number of nitrogens with one attached hydrogen (secondary N) is 2. The Labute approximate surface area is 161 Å². The molecule has 0 radical (unpaired) electrons. The molecule has 2 aromatic heterocycles. The molecule has 27 heavy (non-hydrogen) atoms. The molecule has 0 saturated heterocycles. The molecule has 0 atom stereocenters. The first-order chi connectivity index (χ1) is 13.1. The van der Waals surface area contributed by atoms with E-state index < -0.39 is 0 Å². The SMILES string of the molecule is Cc1nc(SCc2ccccc2)[nH]c(=O)c1CC(=O)NCc1ccncc1. The van der Waals surface area contributed by atoms with E-state index in [0.717, 1.165) is 16.9 Å². The van der Waals surface area contributed by atoms with Crippen LogP contribution in [-0.2, 0) is 23.5 Å². The third-order valence-electron chi connectivity index (χ3n) is 4.00. The summed E-state index contributed by atoms with van der Waals surface area (Å²) in [7, 11) is 0. The lowest BCUT2D eigenvalue weighted by atomic mass is 10.1. The van der Waals surface area contributed by atoms with Crippen molar-refractivity contribution < 1.29 is 4.79 Å². The summed E-state index contributed by atoms with van der Waals surface area (Å²) in [6.45, 7) is 2.16. The molecule has 2 N–H and O–H groups in total. The first kappa shape index (κ1) is 18.8. The van der Waals surface area contributed by atoms with Crippen molar-refractivity contribution in [2.75, 3.05) is 0 Å². The van der Waals surface area contributed by atoms with Crippen LogP contribution in [0.4, 0.5) is 0 Å². The summed E-state index contributed by atoms with van der Waals surface area (Å²) in [5.74, 6) is 0.501. The van der Waals surface area contributed by atoms with Gasteiger partial charge in [-0.05, 0) is 30.2 Å². The van der Waals surface area contributed by atoms with Gasteiger partial charge in [-0.3, -0.25) is 14.6 Å². The largest absolute Gasteiger partial charge is 0.352 e. The molecule has 2 heterocycles. The zero-order valence-corrected chi connectivity index (χ0v) is 15.8. The average molecular weight is 380 g/mol. The van der Waals surface area contributed by atoms with E-state index in [4.69, 9.17) is 0 Å². The van der Waals surface area contributed by atoms with Crippen LogP contribution in [0, 0.1) is 6.92 Å². The molecule has 3 rings (SSSR count). The van der Waals surface area contributed by atoms with Gasteiger partial charge in [-0.1, -0.05) is 42.1 Å². The van der Waals surface area contributed by atoms with Crippen molar-refractivity contribution in [3.05, 3.63) is 87.6 Å². The number of benzene rings is 1. The van der Waals surface area contributed by atoms with Crippen molar-refractivity contribution in [3.63, 3.8) is 0 Å². The highest BCUT2D eigenvalue weighted by atomic mass is 32.2. The van der Waals surface area contributed by atoms with Gasteiger partial charge in [0.1, 0.15) is 0 Å². The molecule has 7 heteroatoms. The predicted octanol–water partition coefficient (Wildman–Crippen LogP) is 2.62. The van der Waals surface area contributed by atoms with Crippen LogP contribution in [0.5, 0.6) is 0 Å². The number of aromatic nitrogens is 3. The topological polar surface area (TPSA) is 87.7 Å². The van der Waals surface area contributed by atoms with Gasteiger partial charge in [0.2, 0.25) is 5.91 Å². The van der Waals surface area contributed by atoms with Gasteiger partial charge in [-0.2, -0.15) is 0 Å². The van der Waals surface area contributed by atoms with Gasteiger partial charge in [0.15, 0.2) is 5.16 Å². The number of aromatic amines is 1. The van der Waals surface area contributed by atoms with E-state index in [-0.39, 0.29) is 17.9 Å². The highest BCUT2D eigenvalue weighted by molar-refractivity contribution is 7.98. The van der Waals surface area contributed by atoms with Crippen molar-refractivity contribution >= 4 is 17.7 Å². The van der Waals surface area contributed by atoms with E-state index in [0.29, 0.717) is 23.0 Å². The second kappa shape index (κ2) is 9.14. The number of H-pyrrole nitrogens is 1. The molecular formula is C20H20N4O2S. The van der Waals surface area contributed by atoms with Gasteiger partial charge in [-0.15, -0.1) is 0 Å². The van der Waals surface area contributed by atoms with Crippen LogP contribution in [0.25, 0.3) is 0 Å². The number of amides is 1. The van der Waals surface area contributed by atoms with E-state index in [1.807, 2.05) is 42.5 Å². The number of nitrogens with zero attached hydrogens (tertiary/aromatic N) is 2. The molecule has 0 saturated carbocycles. The van der Waals surface area contributed by atoms with Crippen LogP contribution in [0.1, 0.15) is 22.4 Å². The van der Waals surface area contributed by atoms with E-state index in [2.05, 4.69) is 20.3 Å².